The molecule has 1 aliphatic rings. The number of benzene rings is 1. The third kappa shape index (κ3) is 2.93. The Balaban J connectivity index is 2.23. The SMILES string of the molecule is C[C@@]1(C(N)=O)CCCN1C(=O)Cc1ccc(Br)cc1C#N. The molecule has 0 bridgehead atoms. The van der Waals surface area contributed by atoms with Crippen molar-refractivity contribution >= 4 is 27.7 Å². The maximum Gasteiger partial charge on any atom is 0.243 e. The van der Waals surface area contributed by atoms with Crippen LogP contribution in [0.2, 0.25) is 0 Å². The van der Waals surface area contributed by atoms with E-state index in [2.05, 4.69) is 22.0 Å². The zero-order valence-corrected chi connectivity index (χ0v) is 13.3. The van der Waals surface area contributed by atoms with Crippen molar-refractivity contribution in [3.63, 3.8) is 0 Å². The van der Waals surface area contributed by atoms with Crippen molar-refractivity contribution in [2.24, 2.45) is 5.73 Å². The lowest BCUT2D eigenvalue weighted by molar-refractivity contribution is -0.142. The molecule has 0 aliphatic carbocycles. The van der Waals surface area contributed by atoms with Gasteiger partial charge in [-0.1, -0.05) is 22.0 Å². The van der Waals surface area contributed by atoms with Crippen LogP contribution in [0.1, 0.15) is 30.9 Å². The first-order valence-electron chi connectivity index (χ1n) is 6.67. The van der Waals surface area contributed by atoms with Crippen LogP contribution < -0.4 is 5.73 Å². The van der Waals surface area contributed by atoms with Crippen LogP contribution in [0.5, 0.6) is 0 Å². The topological polar surface area (TPSA) is 87.2 Å². The number of nitriles is 1. The Morgan fingerprint density at radius 2 is 2.24 bits per heavy atom. The Morgan fingerprint density at radius 3 is 2.86 bits per heavy atom. The highest BCUT2D eigenvalue weighted by Crippen LogP contribution is 2.29. The first-order valence-corrected chi connectivity index (χ1v) is 7.46. The van der Waals surface area contributed by atoms with Gasteiger partial charge in [0.05, 0.1) is 18.1 Å². The van der Waals surface area contributed by atoms with E-state index in [0.29, 0.717) is 24.1 Å². The van der Waals surface area contributed by atoms with Gasteiger partial charge >= 0.3 is 0 Å². The molecule has 2 N–H and O–H groups in total. The molecule has 21 heavy (non-hydrogen) atoms. The van der Waals surface area contributed by atoms with Crippen LogP contribution in [0.25, 0.3) is 0 Å². The molecule has 1 saturated heterocycles. The molecule has 1 aromatic rings. The number of amides is 2. The van der Waals surface area contributed by atoms with E-state index >= 15 is 0 Å². The van der Waals surface area contributed by atoms with Crippen molar-refractivity contribution < 1.29 is 9.59 Å². The van der Waals surface area contributed by atoms with E-state index in [4.69, 9.17) is 11.0 Å². The van der Waals surface area contributed by atoms with Gasteiger partial charge in [-0.2, -0.15) is 5.26 Å². The molecule has 1 atom stereocenters. The molecular formula is C15H16BrN3O2. The highest BCUT2D eigenvalue weighted by atomic mass is 79.9. The summed E-state index contributed by atoms with van der Waals surface area (Å²) in [6, 6.07) is 7.30. The predicted octanol–water partition coefficient (Wildman–Crippen LogP) is 1.73. The number of primary amides is 1. The number of carbonyl (C=O) groups excluding carboxylic acids is 2. The van der Waals surface area contributed by atoms with Crippen molar-refractivity contribution in [1.82, 2.24) is 4.90 Å². The average Bonchev–Trinajstić information content (AvgIpc) is 2.84. The van der Waals surface area contributed by atoms with Crippen LogP contribution in [0.15, 0.2) is 22.7 Å². The van der Waals surface area contributed by atoms with Gasteiger partial charge in [-0.15, -0.1) is 0 Å². The molecule has 0 aromatic heterocycles. The van der Waals surface area contributed by atoms with Crippen LogP contribution in [0.3, 0.4) is 0 Å². The molecule has 5 nitrogen and oxygen atoms in total. The summed E-state index contributed by atoms with van der Waals surface area (Å²) < 4.78 is 0.790. The quantitative estimate of drug-likeness (QED) is 0.901. The molecule has 2 amide bonds. The van der Waals surface area contributed by atoms with Crippen LogP contribution in [-0.4, -0.2) is 28.8 Å². The van der Waals surface area contributed by atoms with Gasteiger partial charge < -0.3 is 10.6 Å². The summed E-state index contributed by atoms with van der Waals surface area (Å²) in [7, 11) is 0. The molecule has 1 heterocycles. The van der Waals surface area contributed by atoms with Gasteiger partial charge in [-0.05, 0) is 37.5 Å². The largest absolute Gasteiger partial charge is 0.368 e. The van der Waals surface area contributed by atoms with Crippen molar-refractivity contribution in [3.05, 3.63) is 33.8 Å². The third-order valence-corrected chi connectivity index (χ3v) is 4.50. The lowest BCUT2D eigenvalue weighted by atomic mass is 9.97. The summed E-state index contributed by atoms with van der Waals surface area (Å²) in [6.07, 6.45) is 1.44. The van der Waals surface area contributed by atoms with Crippen LogP contribution >= 0.6 is 15.9 Å². The fourth-order valence-corrected chi connectivity index (χ4v) is 3.05. The summed E-state index contributed by atoms with van der Waals surface area (Å²) in [6.45, 7) is 2.23. The minimum Gasteiger partial charge on any atom is -0.368 e. The zero-order chi connectivity index (χ0) is 15.6. The minimum atomic E-state index is -0.917. The normalized spacial score (nSPS) is 21.1. The lowest BCUT2D eigenvalue weighted by Gasteiger charge is -2.32. The Morgan fingerprint density at radius 1 is 1.52 bits per heavy atom. The number of hydrogen-bond acceptors (Lipinski definition) is 3. The van der Waals surface area contributed by atoms with E-state index in [9.17, 15) is 9.59 Å². The molecule has 0 unspecified atom stereocenters. The molecule has 2 rings (SSSR count). The van der Waals surface area contributed by atoms with Crippen molar-refractivity contribution in [2.75, 3.05) is 6.54 Å². The van der Waals surface area contributed by atoms with Gasteiger partial charge in [-0.3, -0.25) is 9.59 Å². The van der Waals surface area contributed by atoms with Crippen molar-refractivity contribution in [2.45, 2.75) is 31.7 Å². The maximum absolute atomic E-state index is 12.5. The van der Waals surface area contributed by atoms with Gasteiger partial charge in [0.15, 0.2) is 0 Å². The first kappa shape index (κ1) is 15.5. The van der Waals surface area contributed by atoms with Crippen molar-refractivity contribution in [3.8, 4) is 6.07 Å². The average molecular weight is 350 g/mol. The van der Waals surface area contributed by atoms with E-state index in [0.717, 1.165) is 10.9 Å². The van der Waals surface area contributed by atoms with E-state index in [-0.39, 0.29) is 12.3 Å². The van der Waals surface area contributed by atoms with Crippen LogP contribution in [0, 0.1) is 11.3 Å². The smallest absolute Gasteiger partial charge is 0.243 e. The summed E-state index contributed by atoms with van der Waals surface area (Å²) in [5.41, 5.74) is 5.63. The zero-order valence-electron chi connectivity index (χ0n) is 11.7. The molecule has 1 aromatic carbocycles. The van der Waals surface area contributed by atoms with Gasteiger partial charge in [0, 0.05) is 11.0 Å². The fraction of sp³-hybridized carbons (Fsp3) is 0.400. The minimum absolute atomic E-state index is 0.0963. The van der Waals surface area contributed by atoms with E-state index in [1.165, 1.54) is 0 Å². The number of nitrogens with two attached hydrogens (primary N) is 1. The van der Waals surface area contributed by atoms with Gasteiger partial charge in [0.1, 0.15) is 5.54 Å². The Labute approximate surface area is 131 Å². The second kappa shape index (κ2) is 5.86. The standard InChI is InChI=1S/C15H16BrN3O2/c1-15(14(18)21)5-2-6-19(15)13(20)8-10-3-4-12(16)7-11(10)9-17/h3-4,7H,2,5-6,8H2,1H3,(H2,18,21)/t15-/m0/s1. The Kier molecular flexibility index (Phi) is 4.33. The van der Waals surface area contributed by atoms with Gasteiger partial charge in [0.25, 0.3) is 0 Å². The second-order valence-corrected chi connectivity index (χ2v) is 6.29. The molecule has 1 aliphatic heterocycles. The number of likely N-dealkylation sites (tertiary alicyclic amines) is 1. The Hall–Kier alpha value is -1.87. The first-order chi connectivity index (χ1) is 9.88. The third-order valence-electron chi connectivity index (χ3n) is 4.01. The molecule has 0 saturated carbocycles. The van der Waals surface area contributed by atoms with Gasteiger partial charge in [0.2, 0.25) is 11.8 Å². The lowest BCUT2D eigenvalue weighted by Crippen LogP contribution is -2.54. The molecule has 1 fully saturated rings. The van der Waals surface area contributed by atoms with Crippen LogP contribution in [0.4, 0.5) is 0 Å². The Bertz CT molecular complexity index is 638. The molecule has 0 radical (unpaired) electrons. The number of hydrogen-bond donors (Lipinski definition) is 1. The summed E-state index contributed by atoms with van der Waals surface area (Å²) in [5.74, 6) is -0.655. The number of rotatable bonds is 3. The maximum atomic E-state index is 12.5. The highest BCUT2D eigenvalue weighted by molar-refractivity contribution is 9.10. The number of halogens is 1. The second-order valence-electron chi connectivity index (χ2n) is 5.38. The number of carbonyl (C=O) groups is 2. The summed E-state index contributed by atoms with van der Waals surface area (Å²) >= 11 is 3.30. The van der Waals surface area contributed by atoms with E-state index in [1.54, 1.807) is 30.0 Å². The summed E-state index contributed by atoms with van der Waals surface area (Å²) in [5, 5.41) is 9.14. The van der Waals surface area contributed by atoms with Gasteiger partial charge in [-0.25, -0.2) is 0 Å². The van der Waals surface area contributed by atoms with E-state index in [1.807, 2.05) is 0 Å². The highest BCUT2D eigenvalue weighted by Gasteiger charge is 2.44. The number of nitrogens with zero attached hydrogens (tertiary/aromatic N) is 2. The molecule has 6 heteroatoms. The molecule has 0 spiro atoms. The monoisotopic (exact) mass is 349 g/mol. The van der Waals surface area contributed by atoms with Crippen LogP contribution in [-0.2, 0) is 16.0 Å². The molecular weight excluding hydrogens is 334 g/mol. The summed E-state index contributed by atoms with van der Waals surface area (Å²) in [4.78, 5) is 25.7. The fourth-order valence-electron chi connectivity index (χ4n) is 2.68. The predicted molar refractivity (Wildman–Crippen MR) is 81.1 cm³/mol. The van der Waals surface area contributed by atoms with E-state index < -0.39 is 11.4 Å². The molecule has 110 valence electrons. The van der Waals surface area contributed by atoms with Crippen molar-refractivity contribution in [1.29, 1.82) is 5.26 Å².